The third-order valence-corrected chi connectivity index (χ3v) is 3.01. The Kier molecular flexibility index (Phi) is 2.32. The highest BCUT2D eigenvalue weighted by atomic mass is 19.3. The van der Waals surface area contributed by atoms with Crippen LogP contribution in [0, 0.1) is 0 Å². The molecule has 3 nitrogen and oxygen atoms in total. The Labute approximate surface area is 106 Å². The summed E-state index contributed by atoms with van der Waals surface area (Å²) in [5.41, 5.74) is -0.268. The van der Waals surface area contributed by atoms with Crippen LogP contribution >= 0.6 is 0 Å². The van der Waals surface area contributed by atoms with Gasteiger partial charge in [0.05, 0.1) is 5.56 Å². The Balaban J connectivity index is 2.42. The SMILES string of the molecule is O=C(O)C(F)(F)c1cccc2c1oc1ccccc12. The van der Waals surface area contributed by atoms with E-state index in [0.717, 1.165) is 6.07 Å². The fourth-order valence-corrected chi connectivity index (χ4v) is 2.11. The molecule has 0 aliphatic heterocycles. The fraction of sp³-hybridized carbons (Fsp3) is 0.0714. The minimum atomic E-state index is -3.98. The van der Waals surface area contributed by atoms with E-state index in [4.69, 9.17) is 9.52 Å². The fourth-order valence-electron chi connectivity index (χ4n) is 2.11. The topological polar surface area (TPSA) is 50.4 Å². The van der Waals surface area contributed by atoms with E-state index in [1.54, 1.807) is 30.3 Å². The maximum atomic E-state index is 13.7. The van der Waals surface area contributed by atoms with Crippen molar-refractivity contribution in [1.29, 1.82) is 0 Å². The van der Waals surface area contributed by atoms with Gasteiger partial charge in [-0.25, -0.2) is 4.79 Å². The molecule has 1 N–H and O–H groups in total. The number of aliphatic carboxylic acids is 1. The molecular formula is C14H8F2O3. The minimum Gasteiger partial charge on any atom is -0.477 e. The van der Waals surface area contributed by atoms with Crippen molar-refractivity contribution >= 4 is 27.9 Å². The molecule has 0 bridgehead atoms. The van der Waals surface area contributed by atoms with Crippen LogP contribution in [-0.4, -0.2) is 11.1 Å². The highest BCUT2D eigenvalue weighted by Crippen LogP contribution is 2.38. The van der Waals surface area contributed by atoms with Gasteiger partial charge in [-0.2, -0.15) is 8.78 Å². The molecule has 3 rings (SSSR count). The zero-order valence-electron chi connectivity index (χ0n) is 9.56. The lowest BCUT2D eigenvalue weighted by Crippen LogP contribution is -2.25. The van der Waals surface area contributed by atoms with E-state index in [0.29, 0.717) is 16.4 Å². The predicted octanol–water partition coefficient (Wildman–Crippen LogP) is 3.76. The Bertz CT molecular complexity index is 790. The van der Waals surface area contributed by atoms with E-state index < -0.39 is 17.5 Å². The first-order valence-electron chi connectivity index (χ1n) is 5.54. The van der Waals surface area contributed by atoms with Crippen LogP contribution in [0.1, 0.15) is 5.56 Å². The largest absolute Gasteiger partial charge is 0.477 e. The van der Waals surface area contributed by atoms with Crippen LogP contribution in [0.25, 0.3) is 21.9 Å². The monoisotopic (exact) mass is 262 g/mol. The van der Waals surface area contributed by atoms with E-state index in [9.17, 15) is 13.6 Å². The smallest absolute Gasteiger partial charge is 0.379 e. The number of halogens is 2. The number of carbonyl (C=O) groups is 1. The summed E-state index contributed by atoms with van der Waals surface area (Å²) in [7, 11) is 0. The van der Waals surface area contributed by atoms with Gasteiger partial charge in [-0.15, -0.1) is 0 Å². The lowest BCUT2D eigenvalue weighted by atomic mass is 10.0. The molecule has 96 valence electrons. The van der Waals surface area contributed by atoms with Gasteiger partial charge >= 0.3 is 11.9 Å². The zero-order valence-corrected chi connectivity index (χ0v) is 9.56. The Hall–Kier alpha value is -2.43. The van der Waals surface area contributed by atoms with Gasteiger partial charge in [0.25, 0.3) is 0 Å². The van der Waals surface area contributed by atoms with Crippen molar-refractivity contribution in [3.8, 4) is 0 Å². The average Bonchev–Trinajstić information content (AvgIpc) is 2.76. The molecule has 0 spiro atoms. The molecule has 0 amide bonds. The second-order valence-electron chi connectivity index (χ2n) is 4.16. The van der Waals surface area contributed by atoms with Crippen molar-refractivity contribution in [2.45, 2.75) is 5.92 Å². The van der Waals surface area contributed by atoms with Crippen LogP contribution in [0.15, 0.2) is 46.9 Å². The summed E-state index contributed by atoms with van der Waals surface area (Å²) in [6, 6.07) is 11.0. The number of fused-ring (bicyclic) bond motifs is 3. The highest BCUT2D eigenvalue weighted by molar-refractivity contribution is 6.06. The highest BCUT2D eigenvalue weighted by Gasteiger charge is 2.43. The molecular weight excluding hydrogens is 254 g/mol. The lowest BCUT2D eigenvalue weighted by molar-refractivity contribution is -0.166. The van der Waals surface area contributed by atoms with Crippen molar-refractivity contribution in [1.82, 2.24) is 0 Å². The molecule has 3 aromatic rings. The normalized spacial score (nSPS) is 12.1. The van der Waals surface area contributed by atoms with Crippen molar-refractivity contribution in [2.75, 3.05) is 0 Å². The van der Waals surface area contributed by atoms with E-state index >= 15 is 0 Å². The number of furan rings is 1. The van der Waals surface area contributed by atoms with Crippen LogP contribution in [0.4, 0.5) is 8.78 Å². The van der Waals surface area contributed by atoms with E-state index in [2.05, 4.69) is 0 Å². The number of benzene rings is 2. The van der Waals surface area contributed by atoms with E-state index in [1.165, 1.54) is 6.07 Å². The number of para-hydroxylation sites is 2. The summed E-state index contributed by atoms with van der Waals surface area (Å²) in [5.74, 6) is -6.17. The first-order chi connectivity index (χ1) is 9.01. The molecule has 5 heteroatoms. The zero-order chi connectivity index (χ0) is 13.6. The average molecular weight is 262 g/mol. The van der Waals surface area contributed by atoms with Gasteiger partial charge in [0.2, 0.25) is 0 Å². The van der Waals surface area contributed by atoms with Gasteiger partial charge in [0, 0.05) is 10.8 Å². The summed E-state index contributed by atoms with van der Waals surface area (Å²) in [6.07, 6.45) is 0. The molecule has 19 heavy (non-hydrogen) atoms. The maximum Gasteiger partial charge on any atom is 0.379 e. The second-order valence-corrected chi connectivity index (χ2v) is 4.16. The molecule has 0 saturated carbocycles. The Morgan fingerprint density at radius 3 is 2.47 bits per heavy atom. The number of rotatable bonds is 2. The molecule has 1 heterocycles. The Morgan fingerprint density at radius 1 is 1.05 bits per heavy atom. The molecule has 1 aromatic heterocycles. The van der Waals surface area contributed by atoms with Gasteiger partial charge < -0.3 is 9.52 Å². The quantitative estimate of drug-likeness (QED) is 0.764. The number of alkyl halides is 2. The molecule has 0 saturated heterocycles. The summed E-state index contributed by atoms with van der Waals surface area (Å²) in [4.78, 5) is 10.7. The predicted molar refractivity (Wildman–Crippen MR) is 65.2 cm³/mol. The number of carboxylic acids is 1. The molecule has 0 aliphatic rings. The Morgan fingerprint density at radius 2 is 1.74 bits per heavy atom. The summed E-state index contributed by atoms with van der Waals surface area (Å²) >= 11 is 0. The second kappa shape index (κ2) is 3.78. The first kappa shape index (κ1) is 11.6. The molecule has 0 radical (unpaired) electrons. The maximum absolute atomic E-state index is 13.7. The number of carboxylic acid groups (broad SMARTS) is 1. The third kappa shape index (κ3) is 1.58. The van der Waals surface area contributed by atoms with Gasteiger partial charge in [0.15, 0.2) is 0 Å². The van der Waals surface area contributed by atoms with Crippen LogP contribution in [0.2, 0.25) is 0 Å². The summed E-state index contributed by atoms with van der Waals surface area (Å²) in [5, 5.41) is 9.80. The standard InChI is InChI=1S/C14H8F2O3/c15-14(16,13(17)18)10-6-3-5-9-8-4-1-2-7-11(8)19-12(9)10/h1-7H,(H,17,18). The molecule has 0 atom stereocenters. The minimum absolute atomic E-state index is 0.0869. The van der Waals surface area contributed by atoms with Crippen LogP contribution < -0.4 is 0 Å². The van der Waals surface area contributed by atoms with Crippen molar-refractivity contribution < 1.29 is 23.1 Å². The molecule has 0 aliphatic carbocycles. The summed E-state index contributed by atoms with van der Waals surface area (Å²) in [6.45, 7) is 0. The van der Waals surface area contributed by atoms with Crippen LogP contribution in [0.3, 0.4) is 0 Å². The van der Waals surface area contributed by atoms with Crippen molar-refractivity contribution in [3.63, 3.8) is 0 Å². The van der Waals surface area contributed by atoms with Gasteiger partial charge in [-0.05, 0) is 12.1 Å². The van der Waals surface area contributed by atoms with E-state index in [-0.39, 0.29) is 5.58 Å². The van der Waals surface area contributed by atoms with Gasteiger partial charge in [-0.3, -0.25) is 0 Å². The molecule has 2 aromatic carbocycles. The lowest BCUT2D eigenvalue weighted by Gasteiger charge is -2.11. The van der Waals surface area contributed by atoms with Gasteiger partial charge in [-0.1, -0.05) is 30.3 Å². The number of hydrogen-bond donors (Lipinski definition) is 1. The first-order valence-corrected chi connectivity index (χ1v) is 5.54. The van der Waals surface area contributed by atoms with Gasteiger partial charge in [0.1, 0.15) is 11.2 Å². The molecule has 0 unspecified atom stereocenters. The van der Waals surface area contributed by atoms with Crippen LogP contribution in [-0.2, 0) is 10.7 Å². The molecule has 0 fully saturated rings. The van der Waals surface area contributed by atoms with Crippen molar-refractivity contribution in [2.24, 2.45) is 0 Å². The van der Waals surface area contributed by atoms with Crippen molar-refractivity contribution in [3.05, 3.63) is 48.0 Å². The van der Waals surface area contributed by atoms with E-state index in [1.807, 2.05) is 0 Å². The van der Waals surface area contributed by atoms with Crippen LogP contribution in [0.5, 0.6) is 0 Å². The third-order valence-electron chi connectivity index (χ3n) is 3.01. The summed E-state index contributed by atoms with van der Waals surface area (Å²) < 4.78 is 32.7. The number of hydrogen-bond acceptors (Lipinski definition) is 2.